The van der Waals surface area contributed by atoms with E-state index in [1.54, 1.807) is 24.3 Å². The third-order valence-corrected chi connectivity index (χ3v) is 7.13. The maximum Gasteiger partial charge on any atom is 0.251 e. The molecule has 5 nitrogen and oxygen atoms in total. The molecule has 31 heavy (non-hydrogen) atoms. The zero-order valence-corrected chi connectivity index (χ0v) is 18.6. The van der Waals surface area contributed by atoms with Gasteiger partial charge in [-0.25, -0.2) is 4.39 Å². The maximum absolute atomic E-state index is 13.9. The van der Waals surface area contributed by atoms with Gasteiger partial charge in [-0.15, -0.1) is 0 Å². The minimum Gasteiger partial charge on any atom is -0.371 e. The molecule has 0 bridgehead atoms. The number of thioether (sulfide) groups is 1. The summed E-state index contributed by atoms with van der Waals surface area (Å²) in [7, 11) is 0. The van der Waals surface area contributed by atoms with Crippen molar-refractivity contribution in [1.29, 1.82) is 0 Å². The van der Waals surface area contributed by atoms with Gasteiger partial charge in [-0.3, -0.25) is 9.59 Å². The van der Waals surface area contributed by atoms with Crippen molar-refractivity contribution in [3.63, 3.8) is 0 Å². The van der Waals surface area contributed by atoms with Crippen LogP contribution in [0.3, 0.4) is 0 Å². The van der Waals surface area contributed by atoms with Crippen LogP contribution in [0.4, 0.5) is 15.8 Å². The van der Waals surface area contributed by atoms with Crippen molar-refractivity contribution in [3.05, 3.63) is 58.4 Å². The number of rotatable bonds is 6. The number of halogens is 2. The molecule has 4 rings (SSSR count). The van der Waals surface area contributed by atoms with E-state index in [2.05, 4.69) is 16.0 Å². The van der Waals surface area contributed by atoms with Crippen LogP contribution in [0.5, 0.6) is 0 Å². The van der Waals surface area contributed by atoms with E-state index in [0.717, 1.165) is 31.4 Å². The van der Waals surface area contributed by atoms with Crippen molar-refractivity contribution >= 4 is 46.6 Å². The number of nitrogens with one attached hydrogen (secondary N) is 3. The molecule has 1 atom stereocenters. The second kappa shape index (κ2) is 9.92. The molecule has 3 N–H and O–H groups in total. The smallest absolute Gasteiger partial charge is 0.251 e. The van der Waals surface area contributed by atoms with Crippen molar-refractivity contribution in [1.82, 2.24) is 5.32 Å². The van der Waals surface area contributed by atoms with Gasteiger partial charge in [-0.05, 0) is 43.2 Å². The van der Waals surface area contributed by atoms with Crippen molar-refractivity contribution in [2.45, 2.75) is 49.9 Å². The Labute approximate surface area is 190 Å². The van der Waals surface area contributed by atoms with Crippen LogP contribution in [0.15, 0.2) is 36.4 Å². The molecule has 2 aromatic carbocycles. The first-order valence-electron chi connectivity index (χ1n) is 10.5. The summed E-state index contributed by atoms with van der Waals surface area (Å²) in [4.78, 5) is 25.1. The zero-order valence-electron chi connectivity index (χ0n) is 17.0. The quantitative estimate of drug-likeness (QED) is 0.552. The summed E-state index contributed by atoms with van der Waals surface area (Å²) in [5, 5.41) is 9.59. The average Bonchev–Trinajstić information content (AvgIpc) is 2.76. The van der Waals surface area contributed by atoms with E-state index < -0.39 is 6.04 Å². The highest BCUT2D eigenvalue weighted by atomic mass is 35.5. The van der Waals surface area contributed by atoms with E-state index in [-0.39, 0.29) is 23.7 Å². The first-order chi connectivity index (χ1) is 15.0. The van der Waals surface area contributed by atoms with Crippen molar-refractivity contribution in [2.75, 3.05) is 16.4 Å². The van der Waals surface area contributed by atoms with E-state index in [1.807, 2.05) is 6.07 Å². The molecule has 1 saturated carbocycles. The minimum atomic E-state index is -0.454. The third-order valence-electron chi connectivity index (χ3n) is 5.72. The Morgan fingerprint density at radius 2 is 1.97 bits per heavy atom. The lowest BCUT2D eigenvalue weighted by Gasteiger charge is -2.27. The number of fused-ring (bicyclic) bond motifs is 1. The number of benzene rings is 2. The van der Waals surface area contributed by atoms with Gasteiger partial charge in [0.05, 0.1) is 11.4 Å². The van der Waals surface area contributed by atoms with E-state index in [1.165, 1.54) is 24.2 Å². The Morgan fingerprint density at radius 1 is 1.16 bits per heavy atom. The number of hydrogen-bond acceptors (Lipinski definition) is 4. The van der Waals surface area contributed by atoms with Crippen LogP contribution in [0.1, 0.15) is 48.0 Å². The molecule has 1 heterocycles. The van der Waals surface area contributed by atoms with Crippen LogP contribution < -0.4 is 16.0 Å². The van der Waals surface area contributed by atoms with Gasteiger partial charge in [0.25, 0.3) is 5.91 Å². The number of hydrogen-bond donors (Lipinski definition) is 3. The summed E-state index contributed by atoms with van der Waals surface area (Å²) in [6.07, 6.45) is 5.57. The Hall–Kier alpha value is -2.25. The van der Waals surface area contributed by atoms with Crippen LogP contribution in [0.25, 0.3) is 0 Å². The number of carbonyl (C=O) groups excluding carboxylic acids is 2. The fourth-order valence-corrected chi connectivity index (χ4v) is 5.36. The van der Waals surface area contributed by atoms with Gasteiger partial charge in [0, 0.05) is 33.7 Å². The van der Waals surface area contributed by atoms with E-state index in [4.69, 9.17) is 11.6 Å². The standard InChI is InChI=1S/C23H25ClFN3O2S/c24-17-7-4-8-18(25)16(17)12-31-13-21-23(30)28-20-11-14(9-10-19(20)27-21)22(29)26-15-5-2-1-3-6-15/h4,7-11,15,21,27H,1-3,5-6,12-13H2,(H,26,29)(H,28,30). The van der Waals surface area contributed by atoms with Crippen molar-refractivity contribution in [3.8, 4) is 0 Å². The monoisotopic (exact) mass is 461 g/mol. The number of carbonyl (C=O) groups is 2. The largest absolute Gasteiger partial charge is 0.371 e. The second-order valence-electron chi connectivity index (χ2n) is 7.97. The molecule has 0 spiro atoms. The summed E-state index contributed by atoms with van der Waals surface area (Å²) in [5.74, 6) is 0.211. The topological polar surface area (TPSA) is 70.2 Å². The molecule has 0 aromatic heterocycles. The summed E-state index contributed by atoms with van der Waals surface area (Å²) < 4.78 is 13.9. The lowest BCUT2D eigenvalue weighted by atomic mass is 9.95. The van der Waals surface area contributed by atoms with Gasteiger partial charge in [-0.1, -0.05) is 36.9 Å². The fourth-order valence-electron chi connectivity index (χ4n) is 3.97. The molecular formula is C23H25ClFN3O2S. The highest BCUT2D eigenvalue weighted by Crippen LogP contribution is 2.30. The highest BCUT2D eigenvalue weighted by molar-refractivity contribution is 7.98. The van der Waals surface area contributed by atoms with Gasteiger partial charge in [-0.2, -0.15) is 11.8 Å². The summed E-state index contributed by atoms with van der Waals surface area (Å²) in [6.45, 7) is 0. The molecule has 1 aliphatic carbocycles. The predicted octanol–water partition coefficient (Wildman–Crippen LogP) is 5.21. The van der Waals surface area contributed by atoms with Crippen LogP contribution in [0.2, 0.25) is 5.02 Å². The summed E-state index contributed by atoms with van der Waals surface area (Å²) >= 11 is 7.50. The maximum atomic E-state index is 13.9. The molecule has 2 aliphatic rings. The summed E-state index contributed by atoms with van der Waals surface area (Å²) in [6, 6.07) is 9.68. The Kier molecular flexibility index (Phi) is 7.02. The van der Waals surface area contributed by atoms with E-state index in [0.29, 0.717) is 33.3 Å². The van der Waals surface area contributed by atoms with Crippen LogP contribution in [-0.4, -0.2) is 29.7 Å². The third kappa shape index (κ3) is 5.33. The fraction of sp³-hybridized carbons (Fsp3) is 0.391. The number of amides is 2. The molecule has 1 aliphatic heterocycles. The first kappa shape index (κ1) is 22.0. The lowest BCUT2D eigenvalue weighted by molar-refractivity contribution is -0.116. The molecule has 1 unspecified atom stereocenters. The van der Waals surface area contributed by atoms with E-state index in [9.17, 15) is 14.0 Å². The van der Waals surface area contributed by atoms with E-state index >= 15 is 0 Å². The minimum absolute atomic E-state index is 0.108. The van der Waals surface area contributed by atoms with Crippen LogP contribution in [-0.2, 0) is 10.5 Å². The van der Waals surface area contributed by atoms with Crippen molar-refractivity contribution < 1.29 is 14.0 Å². The second-order valence-corrected chi connectivity index (χ2v) is 9.41. The van der Waals surface area contributed by atoms with Gasteiger partial charge in [0.15, 0.2) is 0 Å². The Morgan fingerprint density at radius 3 is 2.74 bits per heavy atom. The van der Waals surface area contributed by atoms with Crippen LogP contribution in [0, 0.1) is 5.82 Å². The van der Waals surface area contributed by atoms with Gasteiger partial charge in [0.2, 0.25) is 5.91 Å². The van der Waals surface area contributed by atoms with Crippen molar-refractivity contribution in [2.24, 2.45) is 0 Å². The molecule has 2 aromatic rings. The highest BCUT2D eigenvalue weighted by Gasteiger charge is 2.26. The molecule has 0 saturated heterocycles. The SMILES string of the molecule is O=C(NC1CCCCC1)c1ccc2c(c1)NC(=O)C(CSCc1c(F)cccc1Cl)N2. The van der Waals surface area contributed by atoms with Crippen LogP contribution >= 0.6 is 23.4 Å². The Balaban J connectivity index is 1.35. The predicted molar refractivity (Wildman–Crippen MR) is 124 cm³/mol. The molecule has 164 valence electrons. The van der Waals surface area contributed by atoms with Gasteiger partial charge < -0.3 is 16.0 Å². The van der Waals surface area contributed by atoms with Gasteiger partial charge >= 0.3 is 0 Å². The van der Waals surface area contributed by atoms with Gasteiger partial charge in [0.1, 0.15) is 11.9 Å². The Bertz CT molecular complexity index is 961. The molecule has 8 heteroatoms. The molecule has 2 amide bonds. The lowest BCUT2D eigenvalue weighted by Crippen LogP contribution is -2.41. The first-order valence-corrected chi connectivity index (χ1v) is 12.1. The normalized spacial score (nSPS) is 18.6. The number of anilines is 2. The molecule has 0 radical (unpaired) electrons. The molecule has 1 fully saturated rings. The average molecular weight is 462 g/mol. The molecular weight excluding hydrogens is 437 g/mol. The zero-order chi connectivity index (χ0) is 21.8. The summed E-state index contributed by atoms with van der Waals surface area (Å²) in [5.41, 5.74) is 2.34.